The molecular weight excluding hydrogens is 140 g/mol. The summed E-state index contributed by atoms with van der Waals surface area (Å²) in [6.07, 6.45) is 0. The highest BCUT2D eigenvalue weighted by atomic mass is 35.5. The van der Waals surface area contributed by atoms with E-state index in [4.69, 9.17) is 11.6 Å². The fourth-order valence-corrected chi connectivity index (χ4v) is 0.663. The molecule has 0 aliphatic rings. The van der Waals surface area contributed by atoms with E-state index in [0.29, 0.717) is 6.54 Å². The normalized spacial score (nSPS) is 10.0. The van der Waals surface area contributed by atoms with Gasteiger partial charge in [0.05, 0.1) is 6.54 Å². The van der Waals surface area contributed by atoms with Gasteiger partial charge in [0, 0.05) is 0 Å². The van der Waals surface area contributed by atoms with Crippen LogP contribution < -0.4 is 5.32 Å². The van der Waals surface area contributed by atoms with Crippen LogP contribution in [0.2, 0.25) is 5.28 Å². The van der Waals surface area contributed by atoms with Crippen molar-refractivity contribution >= 4 is 11.6 Å². The molecule has 9 heavy (non-hydrogen) atoms. The van der Waals surface area contributed by atoms with Crippen molar-refractivity contribution in [1.29, 1.82) is 0 Å². The minimum Gasteiger partial charge on any atom is -0.313 e. The predicted octanol–water partition coefficient (Wildman–Crippen LogP) is 0.177. The zero-order valence-electron chi connectivity index (χ0n) is 4.98. The Morgan fingerprint density at radius 1 is 1.78 bits per heavy atom. The van der Waals surface area contributed by atoms with Crippen LogP contribution in [0.5, 0.6) is 0 Å². The van der Waals surface area contributed by atoms with Crippen molar-refractivity contribution in [2.45, 2.75) is 6.54 Å². The maximum atomic E-state index is 5.41. The van der Waals surface area contributed by atoms with Gasteiger partial charge in [0.1, 0.15) is 5.82 Å². The molecule has 0 saturated carbocycles. The zero-order chi connectivity index (χ0) is 6.69. The second-order valence-corrected chi connectivity index (χ2v) is 1.92. The molecule has 4 nitrogen and oxygen atoms in total. The summed E-state index contributed by atoms with van der Waals surface area (Å²) in [7, 11) is 1.83. The maximum Gasteiger partial charge on any atom is 0.242 e. The highest BCUT2D eigenvalue weighted by Gasteiger charge is 1.95. The number of rotatable bonds is 2. The van der Waals surface area contributed by atoms with E-state index in [1.807, 2.05) is 7.05 Å². The summed E-state index contributed by atoms with van der Waals surface area (Å²) in [4.78, 5) is 3.84. The van der Waals surface area contributed by atoms with E-state index in [1.54, 1.807) is 0 Å². The van der Waals surface area contributed by atoms with Gasteiger partial charge in [0.25, 0.3) is 0 Å². The number of halogens is 1. The SMILES string of the molecule is CNCc1nc(Cl)n[nH]1. The third-order valence-electron chi connectivity index (χ3n) is 0.849. The number of hydrogen-bond acceptors (Lipinski definition) is 3. The van der Waals surface area contributed by atoms with Gasteiger partial charge in [-0.3, -0.25) is 5.10 Å². The molecule has 0 aromatic carbocycles. The average molecular weight is 147 g/mol. The van der Waals surface area contributed by atoms with Gasteiger partial charge >= 0.3 is 0 Å². The van der Waals surface area contributed by atoms with Crippen LogP contribution in [0.1, 0.15) is 5.82 Å². The third kappa shape index (κ3) is 1.65. The molecule has 1 aromatic heterocycles. The van der Waals surface area contributed by atoms with E-state index in [0.717, 1.165) is 5.82 Å². The summed E-state index contributed by atoms with van der Waals surface area (Å²) in [6, 6.07) is 0. The quantitative estimate of drug-likeness (QED) is 0.626. The highest BCUT2D eigenvalue weighted by molar-refractivity contribution is 6.28. The fraction of sp³-hybridized carbons (Fsp3) is 0.500. The largest absolute Gasteiger partial charge is 0.313 e. The second-order valence-electron chi connectivity index (χ2n) is 1.58. The molecule has 0 aliphatic carbocycles. The molecule has 0 bridgehead atoms. The molecule has 0 radical (unpaired) electrons. The molecule has 0 fully saturated rings. The van der Waals surface area contributed by atoms with Gasteiger partial charge in [-0.05, 0) is 18.6 Å². The summed E-state index contributed by atoms with van der Waals surface area (Å²) < 4.78 is 0. The first-order valence-electron chi connectivity index (χ1n) is 2.54. The Kier molecular flexibility index (Phi) is 2.02. The molecule has 0 aliphatic heterocycles. The molecule has 50 valence electrons. The molecule has 0 atom stereocenters. The van der Waals surface area contributed by atoms with E-state index in [2.05, 4.69) is 20.5 Å². The van der Waals surface area contributed by atoms with Crippen LogP contribution in [0.4, 0.5) is 0 Å². The van der Waals surface area contributed by atoms with Gasteiger partial charge in [0.2, 0.25) is 5.28 Å². The van der Waals surface area contributed by atoms with E-state index in [9.17, 15) is 0 Å². The maximum absolute atomic E-state index is 5.41. The van der Waals surface area contributed by atoms with Gasteiger partial charge in [0.15, 0.2) is 0 Å². The van der Waals surface area contributed by atoms with Crippen LogP contribution in [-0.2, 0) is 6.54 Å². The van der Waals surface area contributed by atoms with Gasteiger partial charge < -0.3 is 5.32 Å². The number of nitrogens with zero attached hydrogens (tertiary/aromatic N) is 2. The molecule has 1 heterocycles. The van der Waals surface area contributed by atoms with Crippen LogP contribution in [-0.4, -0.2) is 22.2 Å². The number of aromatic amines is 1. The third-order valence-corrected chi connectivity index (χ3v) is 1.02. The van der Waals surface area contributed by atoms with Crippen LogP contribution in [0.15, 0.2) is 0 Å². The van der Waals surface area contributed by atoms with Crippen LogP contribution in [0.3, 0.4) is 0 Å². The summed E-state index contributed by atoms with van der Waals surface area (Å²) in [5.74, 6) is 0.752. The highest BCUT2D eigenvalue weighted by Crippen LogP contribution is 1.97. The molecule has 0 unspecified atom stereocenters. The first-order chi connectivity index (χ1) is 4.33. The fourth-order valence-electron chi connectivity index (χ4n) is 0.519. The minimum absolute atomic E-state index is 0.264. The van der Waals surface area contributed by atoms with Crippen molar-refractivity contribution in [3.05, 3.63) is 11.1 Å². The standard InChI is InChI=1S/C4H7ClN4/c1-6-2-3-7-4(5)9-8-3/h6H,2H2,1H3,(H,7,8,9). The molecular formula is C4H7ClN4. The lowest BCUT2D eigenvalue weighted by Crippen LogP contribution is -2.06. The van der Waals surface area contributed by atoms with Crippen LogP contribution in [0.25, 0.3) is 0 Å². The molecule has 0 saturated heterocycles. The van der Waals surface area contributed by atoms with Gasteiger partial charge in [-0.15, -0.1) is 5.10 Å². The van der Waals surface area contributed by atoms with Gasteiger partial charge in [-0.1, -0.05) is 0 Å². The molecule has 0 amide bonds. The van der Waals surface area contributed by atoms with E-state index in [-0.39, 0.29) is 5.28 Å². The molecule has 2 N–H and O–H groups in total. The van der Waals surface area contributed by atoms with Crippen LogP contribution >= 0.6 is 11.6 Å². The lowest BCUT2D eigenvalue weighted by Gasteiger charge is -1.88. The summed E-state index contributed by atoms with van der Waals surface area (Å²) in [5, 5.41) is 9.44. The number of nitrogens with one attached hydrogen (secondary N) is 2. The summed E-state index contributed by atoms with van der Waals surface area (Å²) >= 11 is 5.41. The summed E-state index contributed by atoms with van der Waals surface area (Å²) in [5.41, 5.74) is 0. The van der Waals surface area contributed by atoms with E-state index >= 15 is 0 Å². The lowest BCUT2D eigenvalue weighted by molar-refractivity contribution is 0.763. The molecule has 1 rings (SSSR count). The number of H-pyrrole nitrogens is 1. The minimum atomic E-state index is 0.264. The first-order valence-corrected chi connectivity index (χ1v) is 2.92. The van der Waals surface area contributed by atoms with Crippen LogP contribution in [0, 0.1) is 0 Å². The Hall–Kier alpha value is -0.610. The van der Waals surface area contributed by atoms with E-state index < -0.39 is 0 Å². The monoisotopic (exact) mass is 146 g/mol. The predicted molar refractivity (Wildman–Crippen MR) is 34.2 cm³/mol. The second kappa shape index (κ2) is 2.80. The number of hydrogen-bond donors (Lipinski definition) is 2. The molecule has 5 heteroatoms. The first kappa shape index (κ1) is 6.51. The topological polar surface area (TPSA) is 53.6 Å². The zero-order valence-corrected chi connectivity index (χ0v) is 5.74. The molecule has 1 aromatic rings. The van der Waals surface area contributed by atoms with Gasteiger partial charge in [-0.2, -0.15) is 0 Å². The average Bonchev–Trinajstić information content (AvgIpc) is 2.17. The molecule has 0 spiro atoms. The Bertz CT molecular complexity index is 184. The van der Waals surface area contributed by atoms with E-state index in [1.165, 1.54) is 0 Å². The van der Waals surface area contributed by atoms with Crippen molar-refractivity contribution < 1.29 is 0 Å². The van der Waals surface area contributed by atoms with Crippen molar-refractivity contribution in [3.63, 3.8) is 0 Å². The Labute approximate surface area is 57.6 Å². The van der Waals surface area contributed by atoms with Crippen molar-refractivity contribution in [2.75, 3.05) is 7.05 Å². The summed E-state index contributed by atoms with van der Waals surface area (Å²) in [6.45, 7) is 0.666. The number of aromatic nitrogens is 3. The van der Waals surface area contributed by atoms with Crippen molar-refractivity contribution in [1.82, 2.24) is 20.5 Å². The Balaban J connectivity index is 2.61. The smallest absolute Gasteiger partial charge is 0.242 e. The Morgan fingerprint density at radius 3 is 3.00 bits per heavy atom. The van der Waals surface area contributed by atoms with Gasteiger partial charge in [-0.25, -0.2) is 4.98 Å². The van der Waals surface area contributed by atoms with Crippen molar-refractivity contribution in [3.8, 4) is 0 Å². The Morgan fingerprint density at radius 2 is 2.56 bits per heavy atom. The lowest BCUT2D eigenvalue weighted by atomic mass is 10.6. The van der Waals surface area contributed by atoms with Crippen molar-refractivity contribution in [2.24, 2.45) is 0 Å².